The number of nitrogens with zero attached hydrogens (tertiary/aromatic N) is 4. The predicted octanol–water partition coefficient (Wildman–Crippen LogP) is 5.85. The number of nitrogens with one attached hydrogen (secondary N) is 1. The van der Waals surface area contributed by atoms with Crippen LogP contribution in [0, 0.1) is 6.92 Å². The molecule has 0 unspecified atom stereocenters. The van der Waals surface area contributed by atoms with Gasteiger partial charge in [0.25, 0.3) is 0 Å². The Morgan fingerprint density at radius 2 is 1.83 bits per heavy atom. The van der Waals surface area contributed by atoms with Crippen molar-refractivity contribution in [2.45, 2.75) is 47.9 Å². The average molecular weight is 528 g/mol. The summed E-state index contributed by atoms with van der Waals surface area (Å²) in [4.78, 5) is 19.6. The molecule has 0 spiro atoms. The van der Waals surface area contributed by atoms with E-state index in [1.54, 1.807) is 55.7 Å². The minimum atomic E-state index is -3.63. The van der Waals surface area contributed by atoms with Crippen LogP contribution in [0.25, 0.3) is 11.0 Å². The van der Waals surface area contributed by atoms with Gasteiger partial charge in [-0.2, -0.15) is 8.42 Å². The van der Waals surface area contributed by atoms with Gasteiger partial charge < -0.3 is 9.50 Å². The van der Waals surface area contributed by atoms with Crippen LogP contribution in [-0.4, -0.2) is 39.4 Å². The molecule has 0 saturated heterocycles. The van der Waals surface area contributed by atoms with E-state index in [0.717, 1.165) is 32.2 Å². The number of thioether (sulfide) groups is 1. The Bertz CT molecular complexity index is 1450. The van der Waals surface area contributed by atoms with Crippen LogP contribution in [0.15, 0.2) is 69.9 Å². The lowest BCUT2D eigenvalue weighted by Gasteiger charge is -2.14. The van der Waals surface area contributed by atoms with Crippen LogP contribution < -0.4 is 9.50 Å². The van der Waals surface area contributed by atoms with E-state index in [1.807, 2.05) is 37.3 Å². The fraction of sp³-hybridized carbons (Fsp3) is 0.250. The van der Waals surface area contributed by atoms with Crippen LogP contribution in [0.1, 0.15) is 26.3 Å². The third-order valence-corrected chi connectivity index (χ3v) is 8.28. The number of hydrogen-bond acceptors (Lipinski definition) is 10. The number of benzene rings is 2. The molecular formula is C24H25N5O3S3. The molecule has 0 amide bonds. The molecule has 0 atom stereocenters. The number of anilines is 2. The second kappa shape index (κ2) is 10.8. The van der Waals surface area contributed by atoms with Gasteiger partial charge in [-0.15, -0.1) is 0 Å². The normalized spacial score (nSPS) is 11.7. The smallest absolute Gasteiger partial charge is 0.311 e. The third kappa shape index (κ3) is 6.22. The molecule has 0 radical (unpaired) electrons. The van der Waals surface area contributed by atoms with Crippen molar-refractivity contribution >= 4 is 56.2 Å². The Morgan fingerprint density at radius 1 is 1.06 bits per heavy atom. The summed E-state index contributed by atoms with van der Waals surface area (Å²) in [5.74, 6) is 1.79. The Hall–Kier alpha value is -2.89. The van der Waals surface area contributed by atoms with Gasteiger partial charge >= 0.3 is 10.1 Å². The van der Waals surface area contributed by atoms with Crippen LogP contribution in [0.5, 0.6) is 5.75 Å². The summed E-state index contributed by atoms with van der Waals surface area (Å²) in [6.07, 6.45) is 3.24. The van der Waals surface area contributed by atoms with E-state index in [1.165, 1.54) is 6.33 Å². The number of aromatic nitrogens is 4. The maximum atomic E-state index is 12.0. The molecule has 8 nitrogen and oxygen atoms in total. The highest BCUT2D eigenvalue weighted by atomic mass is 32.2. The first-order valence-electron chi connectivity index (χ1n) is 10.9. The van der Waals surface area contributed by atoms with Gasteiger partial charge in [0, 0.05) is 16.0 Å². The molecule has 4 rings (SSSR count). The Labute approximate surface area is 213 Å². The van der Waals surface area contributed by atoms with Gasteiger partial charge in [-0.3, -0.25) is 0 Å². The van der Waals surface area contributed by atoms with Gasteiger partial charge in [0.05, 0.1) is 16.3 Å². The summed E-state index contributed by atoms with van der Waals surface area (Å²) >= 11 is 3.11. The van der Waals surface area contributed by atoms with Gasteiger partial charge in [-0.25, -0.2) is 19.9 Å². The highest BCUT2D eigenvalue weighted by Gasteiger charge is 2.18. The standard InChI is InChI=1S/C24H25N5O3S3/c1-5-33-24-25-13-19-22(26-14-27-23(19)29-24)28-20-12-16(4)6-11-21(20)34-18-9-7-17(8-10-18)32-35(30,31)15(2)3/h6-15H,5H2,1-4H3,(H,25,26,27,28,29). The summed E-state index contributed by atoms with van der Waals surface area (Å²) in [5.41, 5.74) is 2.56. The summed E-state index contributed by atoms with van der Waals surface area (Å²) < 4.78 is 29.2. The largest absolute Gasteiger partial charge is 0.382 e. The van der Waals surface area contributed by atoms with Gasteiger partial charge in [-0.1, -0.05) is 36.5 Å². The Balaban J connectivity index is 1.59. The summed E-state index contributed by atoms with van der Waals surface area (Å²) in [7, 11) is -3.63. The zero-order chi connectivity index (χ0) is 25.0. The molecule has 182 valence electrons. The highest BCUT2D eigenvalue weighted by Crippen LogP contribution is 2.37. The van der Waals surface area contributed by atoms with Crippen LogP contribution in [0.2, 0.25) is 0 Å². The van der Waals surface area contributed by atoms with Gasteiger partial charge in [-0.05, 0) is 68.5 Å². The quantitative estimate of drug-likeness (QED) is 0.162. The SMILES string of the molecule is CCSc1ncc2c(Nc3cc(C)ccc3Sc3ccc(OS(=O)(=O)C(C)C)cc3)ncnc2n1. The number of hydrogen-bond donors (Lipinski definition) is 1. The first-order valence-corrected chi connectivity index (χ1v) is 14.2. The Kier molecular flexibility index (Phi) is 7.78. The molecule has 0 aliphatic heterocycles. The second-order valence-corrected chi connectivity index (χ2v) is 12.3. The van der Waals surface area contributed by atoms with E-state index in [0.29, 0.717) is 22.4 Å². The average Bonchev–Trinajstić information content (AvgIpc) is 2.82. The van der Waals surface area contributed by atoms with Crippen molar-refractivity contribution in [2.24, 2.45) is 0 Å². The molecule has 4 aromatic rings. The number of rotatable bonds is 9. The zero-order valence-corrected chi connectivity index (χ0v) is 22.2. The third-order valence-electron chi connectivity index (χ3n) is 4.87. The van der Waals surface area contributed by atoms with Crippen LogP contribution in [0.3, 0.4) is 0 Å². The van der Waals surface area contributed by atoms with Crippen molar-refractivity contribution in [2.75, 3.05) is 11.1 Å². The van der Waals surface area contributed by atoms with Crippen LogP contribution in [-0.2, 0) is 10.1 Å². The summed E-state index contributed by atoms with van der Waals surface area (Å²) in [6.45, 7) is 7.25. The van der Waals surface area contributed by atoms with Crippen molar-refractivity contribution in [3.63, 3.8) is 0 Å². The van der Waals surface area contributed by atoms with E-state index in [2.05, 4.69) is 32.2 Å². The Morgan fingerprint density at radius 3 is 2.54 bits per heavy atom. The van der Waals surface area contributed by atoms with Crippen LogP contribution >= 0.6 is 23.5 Å². The van der Waals surface area contributed by atoms with Gasteiger partial charge in [0.1, 0.15) is 17.9 Å². The van der Waals surface area contributed by atoms with Crippen molar-refractivity contribution in [3.8, 4) is 5.75 Å². The monoisotopic (exact) mass is 527 g/mol. The minimum absolute atomic E-state index is 0.290. The van der Waals surface area contributed by atoms with Crippen LogP contribution in [0.4, 0.5) is 11.5 Å². The highest BCUT2D eigenvalue weighted by molar-refractivity contribution is 7.99. The molecule has 0 aliphatic carbocycles. The molecule has 11 heteroatoms. The lowest BCUT2D eigenvalue weighted by Crippen LogP contribution is -2.19. The first-order chi connectivity index (χ1) is 16.7. The lowest BCUT2D eigenvalue weighted by molar-refractivity contribution is 0.477. The molecule has 35 heavy (non-hydrogen) atoms. The minimum Gasteiger partial charge on any atom is -0.382 e. The molecule has 2 heterocycles. The fourth-order valence-electron chi connectivity index (χ4n) is 3.01. The van der Waals surface area contributed by atoms with Gasteiger partial charge in [0.15, 0.2) is 10.8 Å². The molecular weight excluding hydrogens is 502 g/mol. The molecule has 0 aliphatic rings. The van der Waals surface area contributed by atoms with E-state index in [9.17, 15) is 8.42 Å². The number of fused-ring (bicyclic) bond motifs is 1. The van der Waals surface area contributed by atoms with E-state index < -0.39 is 15.4 Å². The maximum Gasteiger partial charge on any atom is 0.311 e. The molecule has 0 bridgehead atoms. The molecule has 2 aromatic carbocycles. The maximum absolute atomic E-state index is 12.0. The summed E-state index contributed by atoms with van der Waals surface area (Å²) in [5, 5.41) is 4.23. The van der Waals surface area contributed by atoms with Crippen molar-refractivity contribution in [1.82, 2.24) is 19.9 Å². The molecule has 0 saturated carbocycles. The summed E-state index contributed by atoms with van der Waals surface area (Å²) in [6, 6.07) is 13.1. The van der Waals surface area contributed by atoms with Gasteiger partial charge in [0.2, 0.25) is 0 Å². The molecule has 0 fully saturated rings. The molecule has 1 N–H and O–H groups in total. The van der Waals surface area contributed by atoms with Crippen molar-refractivity contribution < 1.29 is 12.6 Å². The fourth-order valence-corrected chi connectivity index (χ4v) is 5.00. The zero-order valence-electron chi connectivity index (χ0n) is 19.7. The van der Waals surface area contributed by atoms with Crippen molar-refractivity contribution in [3.05, 3.63) is 60.6 Å². The lowest BCUT2D eigenvalue weighted by atomic mass is 10.2. The first kappa shape index (κ1) is 25.2. The van der Waals surface area contributed by atoms with E-state index in [4.69, 9.17) is 4.18 Å². The number of aryl methyl sites for hydroxylation is 1. The second-order valence-electron chi connectivity index (χ2n) is 7.87. The van der Waals surface area contributed by atoms with E-state index >= 15 is 0 Å². The predicted molar refractivity (Wildman–Crippen MR) is 141 cm³/mol. The topological polar surface area (TPSA) is 107 Å². The van der Waals surface area contributed by atoms with E-state index in [-0.39, 0.29) is 0 Å². The van der Waals surface area contributed by atoms with Crippen molar-refractivity contribution in [1.29, 1.82) is 0 Å². The molecule has 2 aromatic heterocycles.